The van der Waals surface area contributed by atoms with E-state index in [-0.39, 0.29) is 12.4 Å². The third-order valence-corrected chi connectivity index (χ3v) is 3.79. The van der Waals surface area contributed by atoms with Crippen LogP contribution in [0.4, 0.5) is 0 Å². The first-order valence-electron chi connectivity index (χ1n) is 7.51. The van der Waals surface area contributed by atoms with Crippen molar-refractivity contribution >= 4 is 21.6 Å². The van der Waals surface area contributed by atoms with Crippen LogP contribution in [0.15, 0.2) is 0 Å². The van der Waals surface area contributed by atoms with E-state index in [4.69, 9.17) is 0 Å². The second kappa shape index (κ2) is 16.7. The molecule has 0 saturated heterocycles. The van der Waals surface area contributed by atoms with Gasteiger partial charge in [-0.2, -0.15) is 0 Å². The second-order valence-corrected chi connectivity index (χ2v) is 5.88. The third-order valence-electron chi connectivity index (χ3n) is 3.46. The normalized spacial score (nSPS) is 12.2. The predicted molar refractivity (Wildman–Crippen MR) is 87.5 cm³/mol. The molecule has 0 saturated carbocycles. The van der Waals surface area contributed by atoms with Crippen LogP contribution in [0.2, 0.25) is 0 Å². The highest BCUT2D eigenvalue weighted by Gasteiger charge is 1.99. The highest BCUT2D eigenvalue weighted by atomic mass is 35.5. The van der Waals surface area contributed by atoms with Crippen LogP contribution in [-0.2, 0) is 0 Å². The van der Waals surface area contributed by atoms with E-state index < -0.39 is 0 Å². The Bertz CT molecular complexity index is 128. The van der Waals surface area contributed by atoms with E-state index >= 15 is 0 Å². The highest BCUT2D eigenvalue weighted by molar-refractivity contribution is 7.16. The maximum absolute atomic E-state index is 2.84. The van der Waals surface area contributed by atoms with Gasteiger partial charge < -0.3 is 0 Å². The minimum Gasteiger partial charge on any atom is -0.147 e. The van der Waals surface area contributed by atoms with Crippen molar-refractivity contribution in [3.05, 3.63) is 0 Å². The van der Waals surface area contributed by atoms with Crippen LogP contribution < -0.4 is 0 Å². The molecule has 0 spiro atoms. The summed E-state index contributed by atoms with van der Waals surface area (Å²) in [4.78, 5) is 0. The summed E-state index contributed by atoms with van der Waals surface area (Å²) in [5.41, 5.74) is 0. The first-order chi connectivity index (χ1) is 7.81. The van der Waals surface area contributed by atoms with Gasteiger partial charge in [0, 0.05) is 0 Å². The molecule has 0 radical (unpaired) electrons. The minimum absolute atomic E-state index is 0. The number of rotatable bonds is 12. The molecule has 0 N–H and O–H groups in total. The molecule has 0 aliphatic carbocycles. The topological polar surface area (TPSA) is 0 Å². The number of hydrogen-bond donors (Lipinski definition) is 0. The molecule has 17 heavy (non-hydrogen) atoms. The van der Waals surface area contributed by atoms with Crippen LogP contribution in [0.25, 0.3) is 0 Å². The Morgan fingerprint density at radius 3 is 1.71 bits per heavy atom. The lowest BCUT2D eigenvalue weighted by Crippen LogP contribution is -1.95. The molecule has 0 heterocycles. The van der Waals surface area contributed by atoms with Crippen LogP contribution in [0, 0.1) is 5.92 Å². The molecular weight excluding hydrogens is 247 g/mol. The van der Waals surface area contributed by atoms with Crippen molar-refractivity contribution < 1.29 is 0 Å². The highest BCUT2D eigenvalue weighted by Crippen LogP contribution is 2.16. The Morgan fingerprint density at radius 1 is 0.765 bits per heavy atom. The monoisotopic (exact) mass is 280 g/mol. The van der Waals surface area contributed by atoms with E-state index in [0.29, 0.717) is 0 Å². The van der Waals surface area contributed by atoms with Crippen molar-refractivity contribution in [2.45, 2.75) is 84.5 Å². The zero-order valence-electron chi connectivity index (χ0n) is 12.0. The van der Waals surface area contributed by atoms with Gasteiger partial charge in [-0.1, -0.05) is 78.1 Å². The van der Waals surface area contributed by atoms with Gasteiger partial charge in [-0.05, 0) is 18.5 Å². The first kappa shape index (κ1) is 20.0. The van der Waals surface area contributed by atoms with E-state index in [9.17, 15) is 0 Å². The second-order valence-electron chi connectivity index (χ2n) is 5.30. The van der Waals surface area contributed by atoms with E-state index in [2.05, 4.69) is 23.1 Å². The Hall–Kier alpha value is 0.720. The molecule has 0 fully saturated rings. The van der Waals surface area contributed by atoms with Gasteiger partial charge >= 0.3 is 0 Å². The van der Waals surface area contributed by atoms with E-state index in [0.717, 1.165) is 5.92 Å². The van der Waals surface area contributed by atoms with Gasteiger partial charge in [-0.3, -0.25) is 0 Å². The number of unbranched alkanes of at least 4 members (excludes halogenated alkanes) is 8. The van der Waals surface area contributed by atoms with Crippen molar-refractivity contribution in [1.82, 2.24) is 0 Å². The molecule has 2 unspecified atom stereocenters. The van der Waals surface area contributed by atoms with Gasteiger partial charge in [-0.15, -0.1) is 21.6 Å². The fourth-order valence-corrected chi connectivity index (χ4v) is 2.80. The van der Waals surface area contributed by atoms with Gasteiger partial charge in [0.15, 0.2) is 0 Å². The van der Waals surface area contributed by atoms with Crippen molar-refractivity contribution in [3.8, 4) is 0 Å². The lowest BCUT2D eigenvalue weighted by molar-refractivity contribution is 0.472. The van der Waals surface area contributed by atoms with E-state index in [1.54, 1.807) is 0 Å². The van der Waals surface area contributed by atoms with Crippen LogP contribution >= 0.6 is 21.6 Å². The Morgan fingerprint density at radius 2 is 1.24 bits per heavy atom. The van der Waals surface area contributed by atoms with E-state index in [1.165, 1.54) is 76.8 Å². The van der Waals surface area contributed by atoms with Crippen molar-refractivity contribution in [2.24, 2.45) is 5.92 Å². The first-order valence-corrected chi connectivity index (χ1v) is 8.33. The summed E-state index contributed by atoms with van der Waals surface area (Å²) in [5.74, 6) is 0.946. The summed E-state index contributed by atoms with van der Waals surface area (Å²) in [6, 6.07) is 0. The molecule has 0 aromatic rings. The molecular formula is C15H34ClP. The quantitative estimate of drug-likeness (QED) is 0.294. The minimum atomic E-state index is 0. The Balaban J connectivity index is 0. The fourth-order valence-electron chi connectivity index (χ4n) is 2.23. The predicted octanol–water partition coefficient (Wildman–Crippen LogP) is 6.23. The fraction of sp³-hybridized carbons (Fsp3) is 1.00. The maximum atomic E-state index is 2.84. The lowest BCUT2D eigenvalue weighted by atomic mass is 9.99. The van der Waals surface area contributed by atoms with Crippen molar-refractivity contribution in [2.75, 3.05) is 6.16 Å². The standard InChI is InChI=1S/C15H33P.ClH/c1-3-4-5-6-7-8-9-10-11-12-15(2)13-14-16;/h15H,3-14,16H2,1-2H3;1H. The van der Waals surface area contributed by atoms with E-state index in [1.807, 2.05) is 0 Å². The van der Waals surface area contributed by atoms with Crippen LogP contribution in [0.3, 0.4) is 0 Å². The smallest absolute Gasteiger partial charge is 0.0379 e. The molecule has 0 aromatic heterocycles. The van der Waals surface area contributed by atoms with Crippen LogP contribution in [0.1, 0.15) is 84.5 Å². The van der Waals surface area contributed by atoms with Gasteiger partial charge in [0.1, 0.15) is 0 Å². The molecule has 2 heteroatoms. The molecule has 0 nitrogen and oxygen atoms in total. The molecule has 106 valence electrons. The molecule has 0 bridgehead atoms. The molecule has 0 rings (SSSR count). The molecule has 0 aliphatic heterocycles. The van der Waals surface area contributed by atoms with Gasteiger partial charge in [0.2, 0.25) is 0 Å². The Labute approximate surface area is 118 Å². The number of hydrogen-bond acceptors (Lipinski definition) is 0. The van der Waals surface area contributed by atoms with Gasteiger partial charge in [0.25, 0.3) is 0 Å². The molecule has 2 atom stereocenters. The number of halogens is 1. The summed E-state index contributed by atoms with van der Waals surface area (Å²) < 4.78 is 0. The largest absolute Gasteiger partial charge is 0.147 e. The van der Waals surface area contributed by atoms with Crippen molar-refractivity contribution in [1.29, 1.82) is 0 Å². The zero-order chi connectivity index (χ0) is 12.1. The summed E-state index contributed by atoms with van der Waals surface area (Å²) in [5, 5.41) is 0. The third kappa shape index (κ3) is 16.7. The average molecular weight is 281 g/mol. The Kier molecular flexibility index (Phi) is 19.7. The molecule has 0 amide bonds. The summed E-state index contributed by atoms with van der Waals surface area (Å²) in [6.07, 6.45) is 17.2. The zero-order valence-corrected chi connectivity index (χ0v) is 14.0. The summed E-state index contributed by atoms with van der Waals surface area (Å²) in [6.45, 7) is 4.69. The van der Waals surface area contributed by atoms with Crippen molar-refractivity contribution in [3.63, 3.8) is 0 Å². The van der Waals surface area contributed by atoms with Crippen LogP contribution in [-0.4, -0.2) is 6.16 Å². The SMILES string of the molecule is CCCCCCCCCCCC(C)CCP.Cl. The summed E-state index contributed by atoms with van der Waals surface area (Å²) in [7, 11) is 2.84. The molecule has 0 aliphatic rings. The molecule has 0 aromatic carbocycles. The average Bonchev–Trinajstić information content (AvgIpc) is 2.27. The summed E-state index contributed by atoms with van der Waals surface area (Å²) >= 11 is 0. The maximum Gasteiger partial charge on any atom is -0.0379 e. The van der Waals surface area contributed by atoms with Gasteiger partial charge in [-0.25, -0.2) is 0 Å². The lowest BCUT2D eigenvalue weighted by Gasteiger charge is -2.09. The van der Waals surface area contributed by atoms with Gasteiger partial charge in [0.05, 0.1) is 0 Å². The van der Waals surface area contributed by atoms with Crippen LogP contribution in [0.5, 0.6) is 0 Å².